The molecule has 9 nitrogen and oxygen atoms in total. The molecule has 0 aliphatic carbocycles. The molecule has 0 aromatic carbocycles. The number of pyridine rings is 1. The van der Waals surface area contributed by atoms with Gasteiger partial charge in [-0.15, -0.1) is 0 Å². The van der Waals surface area contributed by atoms with E-state index in [1.807, 2.05) is 42.4 Å². The Morgan fingerprint density at radius 1 is 1.26 bits per heavy atom. The maximum Gasteiger partial charge on any atom is 0.410 e. The van der Waals surface area contributed by atoms with Crippen molar-refractivity contribution in [1.29, 1.82) is 0 Å². The molecule has 2 amide bonds. The van der Waals surface area contributed by atoms with Gasteiger partial charge in [-0.05, 0) is 64.5 Å². The van der Waals surface area contributed by atoms with Crippen LogP contribution in [0.3, 0.4) is 0 Å². The van der Waals surface area contributed by atoms with Gasteiger partial charge in [0.2, 0.25) is 5.82 Å². The predicted octanol–water partition coefficient (Wildman–Crippen LogP) is 4.36. The fourth-order valence-corrected chi connectivity index (χ4v) is 4.47. The van der Waals surface area contributed by atoms with E-state index in [0.29, 0.717) is 44.1 Å². The minimum absolute atomic E-state index is 0.0964. The lowest BCUT2D eigenvalue weighted by molar-refractivity contribution is 0.00922. The molecule has 3 heterocycles. The number of nitrogens with zero attached hydrogens (tertiary/aromatic N) is 5. The molecule has 1 atom stereocenters. The lowest BCUT2D eigenvalue weighted by Gasteiger charge is -2.40. The first-order chi connectivity index (χ1) is 16.6. The number of methoxy groups -OCH3 is 1. The van der Waals surface area contributed by atoms with Crippen molar-refractivity contribution < 1.29 is 19.1 Å². The number of rotatable bonds is 9. The normalized spacial score (nSPS) is 16.7. The molecule has 2 aromatic rings. The Hall–Kier alpha value is -2.68. The number of ether oxygens (including phenoxy) is 2. The Labute approximate surface area is 208 Å². The molecule has 1 aliphatic heterocycles. The Balaban J connectivity index is 1.88. The summed E-state index contributed by atoms with van der Waals surface area (Å²) < 4.78 is 12.7. The molecule has 1 aliphatic rings. The molecule has 0 radical (unpaired) electrons. The second-order valence-electron chi connectivity index (χ2n) is 10.7. The third-order valence-electron chi connectivity index (χ3n) is 5.99. The number of amides is 2. The number of carbonyl (C=O) groups excluding carboxylic acids is 2. The highest BCUT2D eigenvalue weighted by atomic mass is 16.6. The molecule has 0 spiro atoms. The number of hydrogen-bond donors (Lipinski definition) is 0. The molecular weight excluding hydrogens is 446 g/mol. The minimum Gasteiger partial charge on any atom is -0.444 e. The first kappa shape index (κ1) is 26.9. The average molecular weight is 488 g/mol. The van der Waals surface area contributed by atoms with Crippen LogP contribution < -0.4 is 0 Å². The molecule has 2 aromatic heterocycles. The van der Waals surface area contributed by atoms with Crippen LogP contribution in [0, 0.1) is 5.92 Å². The van der Waals surface area contributed by atoms with E-state index in [2.05, 4.69) is 18.8 Å². The second-order valence-corrected chi connectivity index (χ2v) is 10.7. The van der Waals surface area contributed by atoms with Crippen LogP contribution in [0.1, 0.15) is 70.9 Å². The van der Waals surface area contributed by atoms with Crippen LogP contribution in [0.25, 0.3) is 11.2 Å². The van der Waals surface area contributed by atoms with Gasteiger partial charge in [0.25, 0.3) is 5.91 Å². The fourth-order valence-electron chi connectivity index (χ4n) is 4.47. The van der Waals surface area contributed by atoms with E-state index in [9.17, 15) is 9.59 Å². The van der Waals surface area contributed by atoms with Gasteiger partial charge in [0, 0.05) is 52.1 Å². The molecular formula is C26H41N5O4. The number of fused-ring (bicyclic) bond motifs is 1. The quantitative estimate of drug-likeness (QED) is 0.489. The van der Waals surface area contributed by atoms with E-state index in [1.165, 1.54) is 0 Å². The van der Waals surface area contributed by atoms with Crippen LogP contribution in [0.5, 0.6) is 0 Å². The summed E-state index contributed by atoms with van der Waals surface area (Å²) in [6, 6.07) is 3.63. The highest BCUT2D eigenvalue weighted by Gasteiger charge is 2.35. The number of carbonyl (C=O) groups is 2. The predicted molar refractivity (Wildman–Crippen MR) is 135 cm³/mol. The summed E-state index contributed by atoms with van der Waals surface area (Å²) in [6.45, 7) is 12.8. The largest absolute Gasteiger partial charge is 0.444 e. The summed E-state index contributed by atoms with van der Waals surface area (Å²) in [5, 5.41) is 0. The summed E-state index contributed by atoms with van der Waals surface area (Å²) in [5.41, 5.74) is 0.876. The van der Waals surface area contributed by atoms with Gasteiger partial charge in [0.1, 0.15) is 11.1 Å². The first-order valence-corrected chi connectivity index (χ1v) is 12.7. The van der Waals surface area contributed by atoms with E-state index < -0.39 is 5.60 Å². The number of likely N-dealkylation sites (tertiary alicyclic amines) is 1. The summed E-state index contributed by atoms with van der Waals surface area (Å²) in [6.07, 6.45) is 4.81. The molecule has 0 bridgehead atoms. The Kier molecular flexibility index (Phi) is 9.10. The second kappa shape index (κ2) is 11.8. The molecule has 1 fully saturated rings. The number of aryl methyl sites for hydroxylation is 1. The molecule has 35 heavy (non-hydrogen) atoms. The molecule has 1 saturated heterocycles. The highest BCUT2D eigenvalue weighted by Crippen LogP contribution is 2.23. The van der Waals surface area contributed by atoms with Gasteiger partial charge in [0.15, 0.2) is 5.65 Å². The van der Waals surface area contributed by atoms with E-state index in [4.69, 9.17) is 14.5 Å². The van der Waals surface area contributed by atoms with Gasteiger partial charge >= 0.3 is 6.09 Å². The van der Waals surface area contributed by atoms with E-state index in [0.717, 1.165) is 31.3 Å². The summed E-state index contributed by atoms with van der Waals surface area (Å²) in [4.78, 5) is 39.6. The molecule has 0 saturated carbocycles. The van der Waals surface area contributed by atoms with Crippen molar-refractivity contribution >= 4 is 23.2 Å². The zero-order valence-corrected chi connectivity index (χ0v) is 22.1. The van der Waals surface area contributed by atoms with Crippen molar-refractivity contribution in [2.45, 2.75) is 78.5 Å². The van der Waals surface area contributed by atoms with Gasteiger partial charge in [0.05, 0.1) is 0 Å². The maximum atomic E-state index is 14.0. The summed E-state index contributed by atoms with van der Waals surface area (Å²) in [5.74, 6) is 0.569. The van der Waals surface area contributed by atoms with Crippen LogP contribution in [0.4, 0.5) is 4.79 Å². The first-order valence-electron chi connectivity index (χ1n) is 12.7. The third kappa shape index (κ3) is 7.16. The number of aromatic nitrogens is 3. The van der Waals surface area contributed by atoms with E-state index >= 15 is 0 Å². The molecule has 194 valence electrons. The van der Waals surface area contributed by atoms with Gasteiger partial charge in [-0.3, -0.25) is 4.79 Å². The number of hydrogen-bond acceptors (Lipinski definition) is 6. The molecule has 0 unspecified atom stereocenters. The number of imidazole rings is 1. The van der Waals surface area contributed by atoms with Gasteiger partial charge in [-0.2, -0.15) is 0 Å². The van der Waals surface area contributed by atoms with Crippen LogP contribution in [-0.2, 0) is 16.0 Å². The summed E-state index contributed by atoms with van der Waals surface area (Å²) >= 11 is 0. The Morgan fingerprint density at radius 2 is 2.03 bits per heavy atom. The molecule has 0 N–H and O–H groups in total. The van der Waals surface area contributed by atoms with E-state index in [1.54, 1.807) is 18.2 Å². The third-order valence-corrected chi connectivity index (χ3v) is 5.99. The smallest absolute Gasteiger partial charge is 0.410 e. The minimum atomic E-state index is -0.557. The fraction of sp³-hybridized carbons (Fsp3) is 0.692. The van der Waals surface area contributed by atoms with Crippen LogP contribution in [0.15, 0.2) is 18.3 Å². The number of piperidine rings is 1. The lowest BCUT2D eigenvalue weighted by Crippen LogP contribution is -2.53. The zero-order chi connectivity index (χ0) is 25.6. The zero-order valence-electron chi connectivity index (χ0n) is 22.1. The average Bonchev–Trinajstić information content (AvgIpc) is 3.17. The Bertz CT molecular complexity index is 997. The SMILES string of the molecule is COCCCCn1c(C(=O)N(CC(C)C)[C@H]2CCCN(C(=O)OC(C)(C)C)C2)nc2cccnc21. The van der Waals surface area contributed by atoms with Crippen molar-refractivity contribution in [3.05, 3.63) is 24.2 Å². The van der Waals surface area contributed by atoms with Crippen LogP contribution in [0.2, 0.25) is 0 Å². The number of unbranched alkanes of at least 4 members (excludes halogenated alkanes) is 1. The molecule has 3 rings (SSSR count). The summed E-state index contributed by atoms with van der Waals surface area (Å²) in [7, 11) is 1.69. The maximum absolute atomic E-state index is 14.0. The van der Waals surface area contributed by atoms with Gasteiger partial charge in [-0.25, -0.2) is 14.8 Å². The lowest BCUT2D eigenvalue weighted by atomic mass is 10.0. The van der Waals surface area contributed by atoms with Crippen molar-refractivity contribution in [3.63, 3.8) is 0 Å². The monoisotopic (exact) mass is 487 g/mol. The topological polar surface area (TPSA) is 89.8 Å². The van der Waals surface area contributed by atoms with E-state index in [-0.39, 0.29) is 24.0 Å². The van der Waals surface area contributed by atoms with Crippen molar-refractivity contribution in [1.82, 2.24) is 24.3 Å². The highest BCUT2D eigenvalue weighted by molar-refractivity contribution is 5.94. The molecule has 9 heteroatoms. The Morgan fingerprint density at radius 3 is 2.71 bits per heavy atom. The van der Waals surface area contributed by atoms with Gasteiger partial charge < -0.3 is 23.8 Å². The van der Waals surface area contributed by atoms with Gasteiger partial charge in [-0.1, -0.05) is 13.8 Å². The van der Waals surface area contributed by atoms with Crippen LogP contribution >= 0.6 is 0 Å². The standard InChI is InChI=1S/C26H41N5O4/c1-19(2)17-31(20-11-10-14-29(18-20)25(33)35-26(3,4)5)24(32)23-28-21-12-9-13-27-22(21)30(23)15-7-8-16-34-6/h9,12-13,19-20H,7-8,10-11,14-18H2,1-6H3/t20-/m0/s1. The van der Waals surface area contributed by atoms with Crippen LogP contribution in [-0.4, -0.2) is 81.3 Å². The van der Waals surface area contributed by atoms with Crippen molar-refractivity contribution in [2.24, 2.45) is 5.92 Å². The van der Waals surface area contributed by atoms with Crippen molar-refractivity contribution in [2.75, 3.05) is 33.4 Å². The van der Waals surface area contributed by atoms with Crippen molar-refractivity contribution in [3.8, 4) is 0 Å².